The molecule has 0 saturated heterocycles. The Bertz CT molecular complexity index is 1110. The van der Waals surface area contributed by atoms with E-state index in [0.717, 1.165) is 33.3 Å². The van der Waals surface area contributed by atoms with Gasteiger partial charge < -0.3 is 15.0 Å². The lowest BCUT2D eigenvalue weighted by atomic mass is 9.87. The van der Waals surface area contributed by atoms with E-state index in [1.165, 1.54) is 0 Å². The molecule has 4 rings (SSSR count). The maximum Gasteiger partial charge on any atom is 0.401 e. The van der Waals surface area contributed by atoms with E-state index < -0.39 is 18.8 Å². The zero-order valence-corrected chi connectivity index (χ0v) is 19.5. The summed E-state index contributed by atoms with van der Waals surface area (Å²) in [6.07, 6.45) is -3.31. The molecule has 0 spiro atoms. The Morgan fingerprint density at radius 2 is 1.91 bits per heavy atom. The number of halogens is 4. The lowest BCUT2D eigenvalue weighted by molar-refractivity contribution is -0.155. The lowest BCUT2D eigenvalue weighted by Gasteiger charge is -2.41. The molecule has 0 amide bonds. The summed E-state index contributed by atoms with van der Waals surface area (Å²) in [4.78, 5) is 4.97. The van der Waals surface area contributed by atoms with Crippen molar-refractivity contribution in [3.8, 4) is 5.75 Å². The summed E-state index contributed by atoms with van der Waals surface area (Å²) in [6.45, 7) is 3.94. The molecule has 1 aliphatic heterocycles. The molecule has 1 aromatic heterocycles. The highest BCUT2D eigenvalue weighted by Gasteiger charge is 2.42. The van der Waals surface area contributed by atoms with Gasteiger partial charge in [0.15, 0.2) is 0 Å². The van der Waals surface area contributed by atoms with Crippen LogP contribution in [0.5, 0.6) is 5.75 Å². The number of para-hydroxylation sites is 1. The van der Waals surface area contributed by atoms with Crippen LogP contribution in [0.15, 0.2) is 42.5 Å². The fourth-order valence-electron chi connectivity index (χ4n) is 4.93. The first-order valence-electron chi connectivity index (χ1n) is 11.7. The molecule has 2 aromatic carbocycles. The van der Waals surface area contributed by atoms with Crippen molar-refractivity contribution in [1.82, 2.24) is 15.2 Å². The molecule has 0 fully saturated rings. The molecule has 34 heavy (non-hydrogen) atoms. The minimum absolute atomic E-state index is 0.290. The van der Waals surface area contributed by atoms with Crippen LogP contribution in [0.3, 0.4) is 0 Å². The molecule has 0 radical (unpaired) electrons. The Morgan fingerprint density at radius 3 is 2.68 bits per heavy atom. The van der Waals surface area contributed by atoms with Gasteiger partial charge in [0.25, 0.3) is 0 Å². The third kappa shape index (κ3) is 5.23. The van der Waals surface area contributed by atoms with Crippen molar-refractivity contribution in [3.05, 3.63) is 64.8 Å². The zero-order chi connectivity index (χ0) is 24.3. The van der Waals surface area contributed by atoms with Crippen LogP contribution in [0, 0.1) is 6.92 Å². The molecule has 3 aromatic rings. The maximum absolute atomic E-state index is 13.6. The summed E-state index contributed by atoms with van der Waals surface area (Å²) >= 11 is 0. The molecule has 0 saturated carbocycles. The molecule has 2 N–H and O–H groups in total. The van der Waals surface area contributed by atoms with E-state index in [1.54, 1.807) is 4.90 Å². The molecule has 1 aliphatic rings. The number of fused-ring (bicyclic) bond motifs is 3. The van der Waals surface area contributed by atoms with E-state index in [0.29, 0.717) is 38.3 Å². The summed E-state index contributed by atoms with van der Waals surface area (Å²) < 4.78 is 59.1. The number of aromatic amines is 1. The molecule has 1 unspecified atom stereocenters. The van der Waals surface area contributed by atoms with Crippen LogP contribution in [0.1, 0.15) is 41.8 Å². The highest BCUT2D eigenvalue weighted by Crippen LogP contribution is 2.43. The zero-order valence-electron chi connectivity index (χ0n) is 19.5. The average molecular weight is 478 g/mol. The number of ether oxygens (including phenoxy) is 1. The van der Waals surface area contributed by atoms with Crippen LogP contribution >= 0.6 is 0 Å². The van der Waals surface area contributed by atoms with Gasteiger partial charge in [-0.15, -0.1) is 0 Å². The van der Waals surface area contributed by atoms with Crippen LogP contribution in [-0.4, -0.2) is 55.0 Å². The smallest absolute Gasteiger partial charge is 0.401 e. The normalized spacial score (nSPS) is 18.9. The van der Waals surface area contributed by atoms with Gasteiger partial charge in [0.05, 0.1) is 19.3 Å². The van der Waals surface area contributed by atoms with E-state index in [2.05, 4.69) is 10.3 Å². The highest BCUT2D eigenvalue weighted by atomic mass is 19.4. The van der Waals surface area contributed by atoms with Crippen molar-refractivity contribution in [2.24, 2.45) is 0 Å². The fraction of sp³-hybridized carbons (Fsp3) is 0.462. The number of nitrogens with zero attached hydrogens (tertiary/aromatic N) is 1. The van der Waals surface area contributed by atoms with Gasteiger partial charge in [-0.05, 0) is 62.1 Å². The van der Waals surface area contributed by atoms with Gasteiger partial charge in [-0.2, -0.15) is 13.2 Å². The van der Waals surface area contributed by atoms with Gasteiger partial charge in [-0.3, -0.25) is 9.29 Å². The SMILES string of the molecule is Cc1c(OCCNCCCF)cccc1C1c2[nH]c3ccccc3c2C[C@@H](C)N1CC(F)(F)F. The highest BCUT2D eigenvalue weighted by molar-refractivity contribution is 5.85. The standard InChI is InChI=1S/C26H31F4N3O/c1-17-15-21-20-7-3-4-9-22(20)32-24(21)25(33(17)16-26(28,29)30)19-8-5-10-23(18(19)2)34-14-13-31-12-6-11-27/h3-5,7-10,17,25,31-32H,6,11-16H2,1-2H3/t17-,25?/m1/s1. The Hall–Kier alpha value is -2.58. The first-order valence-corrected chi connectivity index (χ1v) is 11.7. The fourth-order valence-corrected chi connectivity index (χ4v) is 4.93. The molecule has 2 heterocycles. The second-order valence-corrected chi connectivity index (χ2v) is 8.92. The minimum atomic E-state index is -4.32. The Kier molecular flexibility index (Phi) is 7.48. The number of aromatic nitrogens is 1. The van der Waals surface area contributed by atoms with Gasteiger partial charge >= 0.3 is 6.18 Å². The number of hydrogen-bond donors (Lipinski definition) is 2. The van der Waals surface area contributed by atoms with Crippen LogP contribution in [0.2, 0.25) is 0 Å². The Labute approximate surface area is 197 Å². The quantitative estimate of drug-likeness (QED) is 0.307. The second-order valence-electron chi connectivity index (χ2n) is 8.92. The molecule has 0 aliphatic carbocycles. The van der Waals surface area contributed by atoms with Crippen LogP contribution < -0.4 is 10.1 Å². The minimum Gasteiger partial charge on any atom is -0.492 e. The summed E-state index contributed by atoms with van der Waals surface area (Å²) in [5, 5.41) is 4.18. The van der Waals surface area contributed by atoms with E-state index in [9.17, 15) is 17.6 Å². The molecule has 0 bridgehead atoms. The van der Waals surface area contributed by atoms with Gasteiger partial charge in [0, 0.05) is 29.2 Å². The van der Waals surface area contributed by atoms with E-state index in [4.69, 9.17) is 4.74 Å². The summed E-state index contributed by atoms with van der Waals surface area (Å²) in [5.74, 6) is 0.646. The molecule has 184 valence electrons. The predicted molar refractivity (Wildman–Crippen MR) is 126 cm³/mol. The van der Waals surface area contributed by atoms with Crippen molar-refractivity contribution >= 4 is 10.9 Å². The van der Waals surface area contributed by atoms with Crippen LogP contribution in [0.25, 0.3) is 10.9 Å². The Morgan fingerprint density at radius 1 is 1.12 bits per heavy atom. The maximum atomic E-state index is 13.6. The third-order valence-electron chi connectivity index (χ3n) is 6.52. The summed E-state index contributed by atoms with van der Waals surface area (Å²) in [5.41, 5.74) is 4.45. The molecular weight excluding hydrogens is 446 g/mol. The van der Waals surface area contributed by atoms with E-state index in [1.807, 2.05) is 56.3 Å². The van der Waals surface area contributed by atoms with Crippen molar-refractivity contribution in [2.75, 3.05) is 32.9 Å². The number of rotatable bonds is 9. The second kappa shape index (κ2) is 10.4. The number of nitrogens with one attached hydrogen (secondary N) is 2. The van der Waals surface area contributed by atoms with E-state index in [-0.39, 0.29) is 12.7 Å². The van der Waals surface area contributed by atoms with Gasteiger partial charge in [0.1, 0.15) is 12.4 Å². The lowest BCUT2D eigenvalue weighted by Crippen LogP contribution is -2.47. The molecule has 8 heteroatoms. The summed E-state index contributed by atoms with van der Waals surface area (Å²) in [6, 6.07) is 12.6. The first kappa shape index (κ1) is 24.5. The van der Waals surface area contributed by atoms with E-state index >= 15 is 0 Å². The summed E-state index contributed by atoms with van der Waals surface area (Å²) in [7, 11) is 0. The van der Waals surface area contributed by atoms with Crippen LogP contribution in [0.4, 0.5) is 17.6 Å². The number of alkyl halides is 4. The van der Waals surface area contributed by atoms with Gasteiger partial charge in [0.2, 0.25) is 0 Å². The topological polar surface area (TPSA) is 40.3 Å². The first-order chi connectivity index (χ1) is 16.3. The predicted octanol–water partition coefficient (Wildman–Crippen LogP) is 5.70. The van der Waals surface area contributed by atoms with Crippen molar-refractivity contribution < 1.29 is 22.3 Å². The molecular formula is C26H31F4N3O. The molecule has 4 nitrogen and oxygen atoms in total. The van der Waals surface area contributed by atoms with Crippen molar-refractivity contribution in [1.29, 1.82) is 0 Å². The number of hydrogen-bond acceptors (Lipinski definition) is 3. The van der Waals surface area contributed by atoms with Gasteiger partial charge in [-0.1, -0.05) is 30.3 Å². The van der Waals surface area contributed by atoms with Crippen LogP contribution in [-0.2, 0) is 6.42 Å². The third-order valence-corrected chi connectivity index (χ3v) is 6.52. The number of benzene rings is 2. The van der Waals surface area contributed by atoms with Gasteiger partial charge in [-0.25, -0.2) is 0 Å². The number of H-pyrrole nitrogens is 1. The average Bonchev–Trinajstić information content (AvgIpc) is 3.15. The monoisotopic (exact) mass is 477 g/mol. The Balaban J connectivity index is 1.70. The van der Waals surface area contributed by atoms with Crippen molar-refractivity contribution in [3.63, 3.8) is 0 Å². The van der Waals surface area contributed by atoms with Crippen molar-refractivity contribution in [2.45, 2.75) is 44.9 Å². The largest absolute Gasteiger partial charge is 0.492 e. The molecule has 2 atom stereocenters.